The maximum Gasteiger partial charge on any atom is 0.305 e. The number of rotatable bonds is 10. The predicted octanol–water partition coefficient (Wildman–Crippen LogP) is 4.69. The summed E-state index contributed by atoms with van der Waals surface area (Å²) in [5.41, 5.74) is 2.65. The van der Waals surface area contributed by atoms with Gasteiger partial charge in [0.2, 0.25) is 10.0 Å². The molecule has 3 aromatic rings. The van der Waals surface area contributed by atoms with Crippen LogP contribution in [0.3, 0.4) is 0 Å². The van der Waals surface area contributed by atoms with Crippen molar-refractivity contribution < 1.29 is 17.9 Å². The first-order chi connectivity index (χ1) is 15.4. The number of esters is 1. The Balaban J connectivity index is 1.78. The molecule has 0 aliphatic carbocycles. The molecule has 1 heterocycles. The van der Waals surface area contributed by atoms with Crippen molar-refractivity contribution in [1.29, 1.82) is 0 Å². The molecule has 0 spiro atoms. The van der Waals surface area contributed by atoms with Gasteiger partial charge in [-0.05, 0) is 66.3 Å². The van der Waals surface area contributed by atoms with Crippen molar-refractivity contribution >= 4 is 27.6 Å². The standard InChI is InChI=1S/C24H25ClN2O4S/c1-31-23(28)7-3-2-5-18-8-10-19(11-9-18)24(20-6-4-16-26-17-20)27-32(29,30)22-14-12-21(25)13-15-22/h4,6,8-17,24,27H,2-3,5,7H2,1H3. The molecular formula is C24H25ClN2O4S. The van der Waals surface area contributed by atoms with E-state index in [4.69, 9.17) is 11.6 Å². The molecule has 2 aromatic carbocycles. The maximum absolute atomic E-state index is 13.0. The maximum atomic E-state index is 13.0. The molecule has 8 heteroatoms. The predicted molar refractivity (Wildman–Crippen MR) is 124 cm³/mol. The summed E-state index contributed by atoms with van der Waals surface area (Å²) in [7, 11) is -2.40. The third-order valence-electron chi connectivity index (χ3n) is 5.05. The van der Waals surface area contributed by atoms with Crippen molar-refractivity contribution in [2.24, 2.45) is 0 Å². The number of methoxy groups -OCH3 is 1. The van der Waals surface area contributed by atoms with E-state index >= 15 is 0 Å². The van der Waals surface area contributed by atoms with Crippen molar-refractivity contribution in [3.8, 4) is 0 Å². The summed E-state index contributed by atoms with van der Waals surface area (Å²) in [6.45, 7) is 0. The van der Waals surface area contributed by atoms with Gasteiger partial charge in [0.15, 0.2) is 0 Å². The van der Waals surface area contributed by atoms with Crippen molar-refractivity contribution in [3.05, 3.63) is 94.8 Å². The Morgan fingerprint density at radius 1 is 1.03 bits per heavy atom. The quantitative estimate of drug-likeness (QED) is 0.342. The zero-order chi connectivity index (χ0) is 23.0. The lowest BCUT2D eigenvalue weighted by atomic mass is 9.98. The van der Waals surface area contributed by atoms with Crippen LogP contribution in [-0.4, -0.2) is 26.5 Å². The summed E-state index contributed by atoms with van der Waals surface area (Å²) in [6.07, 6.45) is 6.15. The lowest BCUT2D eigenvalue weighted by molar-refractivity contribution is -0.140. The van der Waals surface area contributed by atoms with Crippen molar-refractivity contribution in [2.45, 2.75) is 36.6 Å². The van der Waals surface area contributed by atoms with Crippen LogP contribution in [-0.2, 0) is 26.0 Å². The molecule has 0 aliphatic rings. The van der Waals surface area contributed by atoms with Crippen LogP contribution in [0.4, 0.5) is 0 Å². The van der Waals surface area contributed by atoms with Gasteiger partial charge in [-0.3, -0.25) is 9.78 Å². The van der Waals surface area contributed by atoms with E-state index in [2.05, 4.69) is 14.4 Å². The van der Waals surface area contributed by atoms with E-state index in [0.717, 1.165) is 36.0 Å². The number of halogens is 1. The SMILES string of the molecule is COC(=O)CCCCc1ccc(C(NS(=O)(=O)c2ccc(Cl)cc2)c2cccnc2)cc1. The number of carbonyl (C=O) groups excluding carboxylic acids is 1. The first-order valence-corrected chi connectivity index (χ1v) is 12.1. The molecule has 1 aromatic heterocycles. The molecule has 32 heavy (non-hydrogen) atoms. The molecular weight excluding hydrogens is 448 g/mol. The second-order valence-electron chi connectivity index (χ2n) is 7.32. The number of carbonyl (C=O) groups is 1. The molecule has 6 nitrogen and oxygen atoms in total. The monoisotopic (exact) mass is 472 g/mol. The van der Waals surface area contributed by atoms with Crippen molar-refractivity contribution in [1.82, 2.24) is 9.71 Å². The number of benzene rings is 2. The van der Waals surface area contributed by atoms with Crippen LogP contribution in [0.2, 0.25) is 5.02 Å². The lowest BCUT2D eigenvalue weighted by Crippen LogP contribution is -2.29. The van der Waals surface area contributed by atoms with Crippen LogP contribution in [0.1, 0.15) is 42.0 Å². The van der Waals surface area contributed by atoms with Gasteiger partial charge in [-0.25, -0.2) is 8.42 Å². The molecule has 0 saturated heterocycles. The fourth-order valence-electron chi connectivity index (χ4n) is 3.29. The van der Waals surface area contributed by atoms with Gasteiger partial charge in [-0.15, -0.1) is 0 Å². The van der Waals surface area contributed by atoms with Crippen LogP contribution < -0.4 is 4.72 Å². The first-order valence-electron chi connectivity index (χ1n) is 10.2. The Bertz CT molecular complexity index is 1120. The number of aryl methyl sites for hydroxylation is 1. The molecule has 0 amide bonds. The molecule has 3 rings (SSSR count). The third kappa shape index (κ3) is 6.63. The van der Waals surface area contributed by atoms with E-state index in [1.165, 1.54) is 19.2 Å². The van der Waals surface area contributed by atoms with Crippen LogP contribution >= 0.6 is 11.6 Å². The Morgan fingerprint density at radius 2 is 1.75 bits per heavy atom. The van der Waals surface area contributed by atoms with E-state index in [9.17, 15) is 13.2 Å². The molecule has 0 radical (unpaired) electrons. The second-order valence-corrected chi connectivity index (χ2v) is 9.47. The number of ether oxygens (including phenoxy) is 1. The minimum absolute atomic E-state index is 0.137. The number of unbranched alkanes of at least 4 members (excludes halogenated alkanes) is 1. The minimum Gasteiger partial charge on any atom is -0.469 e. The zero-order valence-electron chi connectivity index (χ0n) is 17.7. The Morgan fingerprint density at radius 3 is 2.38 bits per heavy atom. The van der Waals surface area contributed by atoms with Crippen LogP contribution in [0.15, 0.2) is 78.0 Å². The van der Waals surface area contributed by atoms with Gasteiger partial charge in [0.25, 0.3) is 0 Å². The summed E-state index contributed by atoms with van der Waals surface area (Å²) in [5.74, 6) is -0.201. The van der Waals surface area contributed by atoms with Gasteiger partial charge in [0.05, 0.1) is 18.0 Å². The number of nitrogens with zero attached hydrogens (tertiary/aromatic N) is 1. The van der Waals surface area contributed by atoms with Gasteiger partial charge >= 0.3 is 5.97 Å². The highest BCUT2D eigenvalue weighted by molar-refractivity contribution is 7.89. The van der Waals surface area contributed by atoms with E-state index in [0.29, 0.717) is 11.4 Å². The average Bonchev–Trinajstić information content (AvgIpc) is 2.81. The van der Waals surface area contributed by atoms with E-state index in [1.807, 2.05) is 30.3 Å². The molecule has 0 saturated carbocycles. The number of hydrogen-bond donors (Lipinski definition) is 1. The highest BCUT2D eigenvalue weighted by atomic mass is 35.5. The smallest absolute Gasteiger partial charge is 0.305 e. The van der Waals surface area contributed by atoms with Gasteiger partial charge in [0, 0.05) is 23.8 Å². The topological polar surface area (TPSA) is 85.4 Å². The third-order valence-corrected chi connectivity index (χ3v) is 6.74. The van der Waals surface area contributed by atoms with Crippen LogP contribution in [0.5, 0.6) is 0 Å². The number of pyridine rings is 1. The minimum atomic E-state index is -3.79. The Hall–Kier alpha value is -2.74. The highest BCUT2D eigenvalue weighted by Gasteiger charge is 2.23. The summed E-state index contributed by atoms with van der Waals surface area (Å²) in [5, 5.41) is 0.468. The molecule has 168 valence electrons. The fourth-order valence-corrected chi connectivity index (χ4v) is 4.63. The molecule has 1 N–H and O–H groups in total. The van der Waals surface area contributed by atoms with E-state index in [-0.39, 0.29) is 10.9 Å². The highest BCUT2D eigenvalue weighted by Crippen LogP contribution is 2.25. The van der Waals surface area contributed by atoms with Crippen LogP contribution in [0.25, 0.3) is 0 Å². The Kier molecular flexibility index (Phi) is 8.39. The summed E-state index contributed by atoms with van der Waals surface area (Å²) < 4.78 is 33.5. The number of hydrogen-bond acceptors (Lipinski definition) is 5. The van der Waals surface area contributed by atoms with Gasteiger partial charge in [0.1, 0.15) is 0 Å². The zero-order valence-corrected chi connectivity index (χ0v) is 19.3. The first kappa shape index (κ1) is 23.9. The molecule has 1 atom stereocenters. The van der Waals surface area contributed by atoms with Gasteiger partial charge in [-0.1, -0.05) is 41.9 Å². The number of aromatic nitrogens is 1. The summed E-state index contributed by atoms with van der Waals surface area (Å²) >= 11 is 5.90. The summed E-state index contributed by atoms with van der Waals surface area (Å²) in [4.78, 5) is 15.5. The van der Waals surface area contributed by atoms with E-state index in [1.54, 1.807) is 30.6 Å². The average molecular weight is 473 g/mol. The van der Waals surface area contributed by atoms with Crippen molar-refractivity contribution in [3.63, 3.8) is 0 Å². The normalized spacial score (nSPS) is 12.3. The van der Waals surface area contributed by atoms with E-state index < -0.39 is 16.1 Å². The number of nitrogens with one attached hydrogen (secondary N) is 1. The molecule has 0 aliphatic heterocycles. The fraction of sp³-hybridized carbons (Fsp3) is 0.250. The number of sulfonamides is 1. The van der Waals surface area contributed by atoms with Crippen molar-refractivity contribution in [2.75, 3.05) is 7.11 Å². The largest absolute Gasteiger partial charge is 0.469 e. The lowest BCUT2D eigenvalue weighted by Gasteiger charge is -2.20. The van der Waals surface area contributed by atoms with Gasteiger partial charge < -0.3 is 4.74 Å². The molecule has 0 bridgehead atoms. The summed E-state index contributed by atoms with van der Waals surface area (Å²) in [6, 6.07) is 16.8. The second kappa shape index (κ2) is 11.2. The van der Waals surface area contributed by atoms with Crippen LogP contribution in [0, 0.1) is 0 Å². The molecule has 1 unspecified atom stereocenters. The Labute approximate surface area is 193 Å². The van der Waals surface area contributed by atoms with Gasteiger partial charge in [-0.2, -0.15) is 4.72 Å². The molecule has 0 fully saturated rings.